The van der Waals surface area contributed by atoms with E-state index in [0.29, 0.717) is 12.5 Å². The van der Waals surface area contributed by atoms with Crippen molar-refractivity contribution in [1.82, 2.24) is 0 Å². The molecule has 0 radical (unpaired) electrons. The van der Waals surface area contributed by atoms with Crippen LogP contribution in [0.2, 0.25) is 0 Å². The van der Waals surface area contributed by atoms with Gasteiger partial charge in [-0.15, -0.1) is 0 Å². The van der Waals surface area contributed by atoms with Gasteiger partial charge in [0, 0.05) is 0 Å². The molecule has 0 N–H and O–H groups in total. The number of nitrogens with zero attached hydrogens (tertiary/aromatic N) is 1. The summed E-state index contributed by atoms with van der Waals surface area (Å²) in [7, 11) is 0. The minimum absolute atomic E-state index is 0.450. The van der Waals surface area contributed by atoms with Crippen LogP contribution in [0.25, 0.3) is 0 Å². The molecule has 76 valence electrons. The topological polar surface area (TPSA) is 21.6 Å². The van der Waals surface area contributed by atoms with Gasteiger partial charge in [-0.2, -0.15) is 0 Å². The van der Waals surface area contributed by atoms with Crippen LogP contribution in [0.1, 0.15) is 26.3 Å². The highest BCUT2D eigenvalue weighted by Crippen LogP contribution is 2.02. The SMILES string of the molecule is C/C(=N/OCc1ccccc1)C(C)C. The van der Waals surface area contributed by atoms with Crippen LogP contribution in [-0.2, 0) is 11.4 Å². The van der Waals surface area contributed by atoms with Crippen LogP contribution in [0, 0.1) is 5.92 Å². The molecular weight excluding hydrogens is 174 g/mol. The third-order valence-corrected chi connectivity index (χ3v) is 2.12. The van der Waals surface area contributed by atoms with Crippen LogP contribution in [0.15, 0.2) is 35.5 Å². The van der Waals surface area contributed by atoms with Gasteiger partial charge >= 0.3 is 0 Å². The molecule has 1 aromatic rings. The molecule has 2 heteroatoms. The van der Waals surface area contributed by atoms with Gasteiger partial charge in [0.1, 0.15) is 6.61 Å². The molecule has 0 unspecified atom stereocenters. The van der Waals surface area contributed by atoms with Gasteiger partial charge in [0.15, 0.2) is 0 Å². The maximum atomic E-state index is 5.23. The summed E-state index contributed by atoms with van der Waals surface area (Å²) in [4.78, 5) is 5.23. The van der Waals surface area contributed by atoms with Crippen LogP contribution < -0.4 is 0 Å². The van der Waals surface area contributed by atoms with Crippen molar-refractivity contribution < 1.29 is 4.84 Å². The zero-order valence-electron chi connectivity index (χ0n) is 9.03. The van der Waals surface area contributed by atoms with Crippen molar-refractivity contribution in [2.24, 2.45) is 11.1 Å². The molecule has 0 aromatic heterocycles. The van der Waals surface area contributed by atoms with Crippen LogP contribution in [-0.4, -0.2) is 5.71 Å². The van der Waals surface area contributed by atoms with E-state index in [2.05, 4.69) is 19.0 Å². The fraction of sp³-hybridized carbons (Fsp3) is 0.417. The quantitative estimate of drug-likeness (QED) is 0.529. The Bertz CT molecular complexity index is 290. The number of oxime groups is 1. The number of rotatable bonds is 4. The number of hydrogen-bond donors (Lipinski definition) is 0. The normalized spacial score (nSPS) is 11.9. The first-order valence-electron chi connectivity index (χ1n) is 4.90. The van der Waals surface area contributed by atoms with Gasteiger partial charge in [-0.1, -0.05) is 49.3 Å². The van der Waals surface area contributed by atoms with E-state index < -0.39 is 0 Å². The molecular formula is C12H17NO. The van der Waals surface area contributed by atoms with Crippen LogP contribution >= 0.6 is 0 Å². The molecule has 1 aromatic carbocycles. The van der Waals surface area contributed by atoms with Gasteiger partial charge in [-0.3, -0.25) is 0 Å². The Morgan fingerprint density at radius 2 is 1.93 bits per heavy atom. The molecule has 0 heterocycles. The van der Waals surface area contributed by atoms with E-state index in [1.807, 2.05) is 37.3 Å². The van der Waals surface area contributed by atoms with E-state index in [1.165, 1.54) is 0 Å². The summed E-state index contributed by atoms with van der Waals surface area (Å²) in [6.07, 6.45) is 0. The van der Waals surface area contributed by atoms with Crippen molar-refractivity contribution in [1.29, 1.82) is 0 Å². The lowest BCUT2D eigenvalue weighted by Gasteiger charge is -2.04. The molecule has 0 aliphatic carbocycles. The summed E-state index contributed by atoms with van der Waals surface area (Å²) in [5, 5.41) is 4.04. The molecule has 0 saturated carbocycles. The molecule has 2 nitrogen and oxygen atoms in total. The zero-order chi connectivity index (χ0) is 10.4. The standard InChI is InChI=1S/C12H17NO/c1-10(2)11(3)13-14-9-12-7-5-4-6-8-12/h4-8,10H,9H2,1-3H3/b13-11-. The average molecular weight is 191 g/mol. The minimum atomic E-state index is 0.450. The van der Waals surface area contributed by atoms with Crippen LogP contribution in [0.4, 0.5) is 0 Å². The van der Waals surface area contributed by atoms with Crippen molar-refractivity contribution in [3.63, 3.8) is 0 Å². The van der Waals surface area contributed by atoms with E-state index in [-0.39, 0.29) is 0 Å². The highest BCUT2D eigenvalue weighted by Gasteiger charge is 1.97. The first kappa shape index (κ1) is 10.8. The summed E-state index contributed by atoms with van der Waals surface area (Å²) in [6, 6.07) is 10.0. The van der Waals surface area contributed by atoms with Gasteiger partial charge in [-0.05, 0) is 18.4 Å². The van der Waals surface area contributed by atoms with Gasteiger partial charge in [-0.25, -0.2) is 0 Å². The molecule has 0 amide bonds. The molecule has 14 heavy (non-hydrogen) atoms. The summed E-state index contributed by atoms with van der Waals surface area (Å²) >= 11 is 0. The summed E-state index contributed by atoms with van der Waals surface area (Å²) < 4.78 is 0. The molecule has 1 rings (SSSR count). The second-order valence-corrected chi connectivity index (χ2v) is 3.65. The third-order valence-electron chi connectivity index (χ3n) is 2.12. The van der Waals surface area contributed by atoms with Crippen molar-refractivity contribution >= 4 is 5.71 Å². The second kappa shape index (κ2) is 5.43. The zero-order valence-corrected chi connectivity index (χ0v) is 9.03. The minimum Gasteiger partial charge on any atom is -0.391 e. The Hall–Kier alpha value is -1.31. The molecule has 0 atom stereocenters. The number of hydrogen-bond acceptors (Lipinski definition) is 2. The molecule has 0 aliphatic heterocycles. The predicted molar refractivity (Wildman–Crippen MR) is 59.2 cm³/mol. The lowest BCUT2D eigenvalue weighted by Crippen LogP contribution is -2.02. The molecule has 0 fully saturated rings. The van der Waals surface area contributed by atoms with Gasteiger partial charge in [0.05, 0.1) is 5.71 Å². The van der Waals surface area contributed by atoms with Crippen molar-refractivity contribution in [2.75, 3.05) is 0 Å². The first-order chi connectivity index (χ1) is 6.70. The fourth-order valence-corrected chi connectivity index (χ4v) is 0.888. The van der Waals surface area contributed by atoms with Crippen molar-refractivity contribution in [3.8, 4) is 0 Å². The van der Waals surface area contributed by atoms with Crippen molar-refractivity contribution in [3.05, 3.63) is 35.9 Å². The predicted octanol–water partition coefficient (Wildman–Crippen LogP) is 3.24. The summed E-state index contributed by atoms with van der Waals surface area (Å²) in [5.41, 5.74) is 2.17. The lowest BCUT2D eigenvalue weighted by molar-refractivity contribution is 0.129. The summed E-state index contributed by atoms with van der Waals surface area (Å²) in [6.45, 7) is 6.73. The maximum absolute atomic E-state index is 5.23. The van der Waals surface area contributed by atoms with Crippen LogP contribution in [0.5, 0.6) is 0 Å². The highest BCUT2D eigenvalue weighted by molar-refractivity contribution is 5.83. The van der Waals surface area contributed by atoms with E-state index in [1.54, 1.807) is 0 Å². The smallest absolute Gasteiger partial charge is 0.142 e. The maximum Gasteiger partial charge on any atom is 0.142 e. The molecule has 0 bridgehead atoms. The molecule has 0 saturated heterocycles. The van der Waals surface area contributed by atoms with E-state index in [4.69, 9.17) is 4.84 Å². The fourth-order valence-electron chi connectivity index (χ4n) is 0.888. The first-order valence-corrected chi connectivity index (χ1v) is 4.90. The van der Waals surface area contributed by atoms with Gasteiger partial charge < -0.3 is 4.84 Å². The van der Waals surface area contributed by atoms with Crippen LogP contribution in [0.3, 0.4) is 0 Å². The second-order valence-electron chi connectivity index (χ2n) is 3.65. The number of benzene rings is 1. The molecule has 0 aliphatic rings. The Morgan fingerprint density at radius 3 is 2.50 bits per heavy atom. The Balaban J connectivity index is 2.39. The Labute approximate surface area is 85.6 Å². The molecule has 0 spiro atoms. The van der Waals surface area contributed by atoms with Gasteiger partial charge in [0.2, 0.25) is 0 Å². The largest absolute Gasteiger partial charge is 0.391 e. The monoisotopic (exact) mass is 191 g/mol. The van der Waals surface area contributed by atoms with Gasteiger partial charge in [0.25, 0.3) is 0 Å². The van der Waals surface area contributed by atoms with E-state index >= 15 is 0 Å². The lowest BCUT2D eigenvalue weighted by atomic mass is 10.1. The van der Waals surface area contributed by atoms with Crippen molar-refractivity contribution in [2.45, 2.75) is 27.4 Å². The average Bonchev–Trinajstić information content (AvgIpc) is 2.19. The van der Waals surface area contributed by atoms with E-state index in [0.717, 1.165) is 11.3 Å². The summed E-state index contributed by atoms with van der Waals surface area (Å²) in [5.74, 6) is 0.450. The Morgan fingerprint density at radius 1 is 1.29 bits per heavy atom. The Kier molecular flexibility index (Phi) is 4.17. The third kappa shape index (κ3) is 3.60. The van der Waals surface area contributed by atoms with E-state index in [9.17, 15) is 0 Å². The highest BCUT2D eigenvalue weighted by atomic mass is 16.6.